The normalized spacial score (nSPS) is 27.2. The Kier molecular flexibility index (Phi) is 4.67. The Balaban J connectivity index is 1.51. The van der Waals surface area contributed by atoms with Crippen molar-refractivity contribution < 1.29 is 20.1 Å². The van der Waals surface area contributed by atoms with Gasteiger partial charge in [0, 0.05) is 13.1 Å². The molecule has 1 aromatic carbocycles. The predicted molar refractivity (Wildman–Crippen MR) is 104 cm³/mol. The maximum atomic E-state index is 10.4. The first kappa shape index (κ1) is 18.4. The average Bonchev–Trinajstić information content (AvgIpc) is 3.20. The second-order valence-corrected chi connectivity index (χ2v) is 7.54. The first-order chi connectivity index (χ1) is 14.2. The van der Waals surface area contributed by atoms with Crippen LogP contribution in [-0.2, 0) is 17.7 Å². The van der Waals surface area contributed by atoms with Crippen LogP contribution >= 0.6 is 0 Å². The highest BCUT2D eigenvalue weighted by Crippen LogP contribution is 2.33. The third-order valence-corrected chi connectivity index (χ3v) is 5.78. The third-order valence-electron chi connectivity index (χ3n) is 5.78. The van der Waals surface area contributed by atoms with Gasteiger partial charge in [0.2, 0.25) is 0 Å². The van der Waals surface area contributed by atoms with E-state index in [0.29, 0.717) is 11.2 Å². The molecule has 1 unspecified atom stereocenters. The van der Waals surface area contributed by atoms with Crippen molar-refractivity contribution >= 4 is 17.0 Å². The lowest BCUT2D eigenvalue weighted by molar-refractivity contribution is -0.0511. The lowest BCUT2D eigenvalue weighted by Crippen LogP contribution is -2.33. The van der Waals surface area contributed by atoms with Gasteiger partial charge >= 0.3 is 0 Å². The molecule has 0 amide bonds. The van der Waals surface area contributed by atoms with E-state index >= 15 is 0 Å². The van der Waals surface area contributed by atoms with E-state index in [0.717, 1.165) is 31.7 Å². The van der Waals surface area contributed by atoms with Gasteiger partial charge in [0.25, 0.3) is 0 Å². The first-order valence-corrected chi connectivity index (χ1v) is 9.79. The Labute approximate surface area is 167 Å². The number of nitrogens with zero attached hydrogens (tertiary/aromatic N) is 5. The molecule has 4 atom stereocenters. The molecule has 0 saturated carbocycles. The van der Waals surface area contributed by atoms with Gasteiger partial charge in [0.15, 0.2) is 23.2 Å². The molecular formula is C20H23N5O4. The molecule has 0 aliphatic carbocycles. The molecule has 0 bridgehead atoms. The van der Waals surface area contributed by atoms with Crippen LogP contribution in [0.15, 0.2) is 36.9 Å². The molecule has 1 saturated heterocycles. The van der Waals surface area contributed by atoms with Gasteiger partial charge in [-0.1, -0.05) is 24.3 Å². The fraction of sp³-hybridized carbons (Fsp3) is 0.450. The fourth-order valence-electron chi connectivity index (χ4n) is 4.25. The molecule has 1 fully saturated rings. The monoisotopic (exact) mass is 397 g/mol. The van der Waals surface area contributed by atoms with Crippen molar-refractivity contribution in [1.82, 2.24) is 19.5 Å². The van der Waals surface area contributed by atoms with Gasteiger partial charge in [-0.3, -0.25) is 4.57 Å². The highest BCUT2D eigenvalue weighted by molar-refractivity contribution is 5.83. The summed E-state index contributed by atoms with van der Waals surface area (Å²) < 4.78 is 7.23. The molecule has 29 heavy (non-hydrogen) atoms. The molecular weight excluding hydrogens is 374 g/mol. The number of anilines is 1. The van der Waals surface area contributed by atoms with Gasteiger partial charge in [0.05, 0.1) is 12.9 Å². The Hall–Kier alpha value is -2.59. The largest absolute Gasteiger partial charge is 0.394 e. The minimum atomic E-state index is -1.19. The Morgan fingerprint density at radius 2 is 1.90 bits per heavy atom. The van der Waals surface area contributed by atoms with Crippen LogP contribution in [0.4, 0.5) is 5.82 Å². The van der Waals surface area contributed by atoms with Crippen LogP contribution in [0.3, 0.4) is 0 Å². The molecule has 2 aliphatic rings. The number of aromatic nitrogens is 4. The number of hydrogen-bond acceptors (Lipinski definition) is 8. The number of aliphatic hydroxyl groups is 3. The van der Waals surface area contributed by atoms with Crippen LogP contribution in [0, 0.1) is 0 Å². The molecule has 3 N–H and O–H groups in total. The topological polar surface area (TPSA) is 117 Å². The summed E-state index contributed by atoms with van der Waals surface area (Å²) in [5, 5.41) is 29.8. The Bertz CT molecular complexity index is 1030. The zero-order valence-corrected chi connectivity index (χ0v) is 15.8. The van der Waals surface area contributed by atoms with Crippen LogP contribution in [0.2, 0.25) is 0 Å². The van der Waals surface area contributed by atoms with Crippen molar-refractivity contribution in [3.8, 4) is 0 Å². The molecule has 9 nitrogen and oxygen atoms in total. The van der Waals surface area contributed by atoms with E-state index in [1.807, 2.05) is 6.07 Å². The smallest absolute Gasteiger partial charge is 0.167 e. The van der Waals surface area contributed by atoms with Crippen molar-refractivity contribution in [2.45, 2.75) is 43.9 Å². The van der Waals surface area contributed by atoms with Crippen molar-refractivity contribution in [2.75, 3.05) is 18.1 Å². The Morgan fingerprint density at radius 1 is 1.07 bits per heavy atom. The van der Waals surface area contributed by atoms with Gasteiger partial charge in [-0.05, 0) is 24.0 Å². The van der Waals surface area contributed by atoms with Crippen molar-refractivity contribution in [2.24, 2.45) is 0 Å². The number of fused-ring (bicyclic) bond motifs is 2. The van der Waals surface area contributed by atoms with Gasteiger partial charge in [0.1, 0.15) is 24.6 Å². The maximum absolute atomic E-state index is 10.4. The quantitative estimate of drug-likeness (QED) is 0.581. The SMILES string of the molecule is OC[C@H]1OC(n2cnc3c(N4CCCc5ccccc5C4)ncnc32)[C@H](O)[C@@H]1O. The number of aliphatic hydroxyl groups excluding tert-OH is 3. The standard InChI is InChI=1S/C20H23N5O4/c26-9-14-16(27)17(28)20(29-14)25-11-23-15-18(21-10-22-19(15)25)24-7-3-6-12-4-1-2-5-13(12)8-24/h1-2,4-5,10-11,14,16-17,20,26-28H,3,6-9H2/t14-,16-,17-,20?/m1/s1. The van der Waals surface area contributed by atoms with E-state index in [-0.39, 0.29) is 6.61 Å². The van der Waals surface area contributed by atoms with E-state index in [1.165, 1.54) is 23.8 Å². The summed E-state index contributed by atoms with van der Waals surface area (Å²) in [5.41, 5.74) is 3.77. The van der Waals surface area contributed by atoms with E-state index in [2.05, 4.69) is 38.1 Å². The average molecular weight is 397 g/mol. The molecule has 5 rings (SSSR count). The zero-order valence-electron chi connectivity index (χ0n) is 15.8. The minimum Gasteiger partial charge on any atom is -0.394 e. The molecule has 2 aromatic heterocycles. The van der Waals surface area contributed by atoms with Crippen molar-refractivity contribution in [3.63, 3.8) is 0 Å². The van der Waals surface area contributed by atoms with Crippen LogP contribution < -0.4 is 4.90 Å². The summed E-state index contributed by atoms with van der Waals surface area (Å²) in [6.45, 7) is 1.21. The molecule has 9 heteroatoms. The van der Waals surface area contributed by atoms with E-state index in [1.54, 1.807) is 4.57 Å². The molecule has 2 aliphatic heterocycles. The lowest BCUT2D eigenvalue weighted by Gasteiger charge is -2.22. The summed E-state index contributed by atoms with van der Waals surface area (Å²) in [6, 6.07) is 8.43. The van der Waals surface area contributed by atoms with Gasteiger partial charge in [-0.15, -0.1) is 0 Å². The zero-order chi connectivity index (χ0) is 20.0. The van der Waals surface area contributed by atoms with Crippen LogP contribution in [-0.4, -0.2) is 66.3 Å². The van der Waals surface area contributed by atoms with Crippen LogP contribution in [0.25, 0.3) is 11.2 Å². The summed E-state index contributed by atoms with van der Waals surface area (Å²) in [7, 11) is 0. The number of imidazole rings is 1. The fourth-order valence-corrected chi connectivity index (χ4v) is 4.25. The second kappa shape index (κ2) is 7.34. The predicted octanol–water partition coefficient (Wildman–Crippen LogP) is 0.391. The first-order valence-electron chi connectivity index (χ1n) is 9.79. The second-order valence-electron chi connectivity index (χ2n) is 7.54. The van der Waals surface area contributed by atoms with Gasteiger partial charge in [-0.2, -0.15) is 0 Å². The highest BCUT2D eigenvalue weighted by atomic mass is 16.6. The minimum absolute atomic E-state index is 0.380. The molecule has 4 heterocycles. The lowest BCUT2D eigenvalue weighted by atomic mass is 10.0. The molecule has 3 aromatic rings. The third kappa shape index (κ3) is 3.06. The van der Waals surface area contributed by atoms with Crippen LogP contribution in [0.5, 0.6) is 0 Å². The molecule has 0 spiro atoms. The summed E-state index contributed by atoms with van der Waals surface area (Å²) in [5.74, 6) is 0.734. The summed E-state index contributed by atoms with van der Waals surface area (Å²) in [6.07, 6.45) is 0.966. The summed E-state index contributed by atoms with van der Waals surface area (Å²) in [4.78, 5) is 15.5. The summed E-state index contributed by atoms with van der Waals surface area (Å²) >= 11 is 0. The van der Waals surface area contributed by atoms with E-state index in [4.69, 9.17) is 4.74 Å². The van der Waals surface area contributed by atoms with Gasteiger partial charge < -0.3 is 25.0 Å². The maximum Gasteiger partial charge on any atom is 0.167 e. The number of aryl methyl sites for hydroxylation is 1. The van der Waals surface area contributed by atoms with Crippen molar-refractivity contribution in [1.29, 1.82) is 0 Å². The van der Waals surface area contributed by atoms with E-state index in [9.17, 15) is 15.3 Å². The van der Waals surface area contributed by atoms with Gasteiger partial charge in [-0.25, -0.2) is 15.0 Å². The van der Waals surface area contributed by atoms with Crippen LogP contribution in [0.1, 0.15) is 23.8 Å². The Morgan fingerprint density at radius 3 is 2.69 bits per heavy atom. The number of benzene rings is 1. The number of hydrogen-bond donors (Lipinski definition) is 3. The van der Waals surface area contributed by atoms with E-state index < -0.39 is 24.5 Å². The highest BCUT2D eigenvalue weighted by Gasteiger charge is 2.44. The molecule has 0 radical (unpaired) electrons. The molecule has 152 valence electrons. The van der Waals surface area contributed by atoms with Crippen molar-refractivity contribution in [3.05, 3.63) is 48.0 Å². The number of ether oxygens (including phenoxy) is 1. The number of rotatable bonds is 3.